The average Bonchev–Trinajstić information content (AvgIpc) is 3.54. The Labute approximate surface area is 296 Å². The van der Waals surface area contributed by atoms with Crippen molar-refractivity contribution in [2.45, 2.75) is 103 Å². The molecule has 10 nitrogen and oxygen atoms in total. The molecule has 0 saturated heterocycles. The third-order valence-corrected chi connectivity index (χ3v) is 7.56. The van der Waals surface area contributed by atoms with Crippen molar-refractivity contribution in [3.8, 4) is 17.5 Å². The summed E-state index contributed by atoms with van der Waals surface area (Å²) in [6.07, 6.45) is -11.6. The molecular weight excluding hydrogens is 698 g/mol. The van der Waals surface area contributed by atoms with Crippen molar-refractivity contribution in [2.24, 2.45) is 0 Å². The normalized spacial score (nSPS) is 14.1. The number of nitrogens with one attached hydrogen (secondary N) is 1. The molecule has 0 fully saturated rings. The Kier molecular flexibility index (Phi) is 12.9. The maximum atomic E-state index is 15.2. The van der Waals surface area contributed by atoms with Crippen LogP contribution >= 0.6 is 0 Å². The summed E-state index contributed by atoms with van der Waals surface area (Å²) in [5.74, 6) is -2.75. The molecule has 4 rings (SSSR count). The zero-order valence-electron chi connectivity index (χ0n) is 29.0. The smallest absolute Gasteiger partial charge is 0.426 e. The fourth-order valence-corrected chi connectivity index (χ4v) is 5.05. The molecule has 0 saturated carbocycles. The number of ether oxygens (including phenoxy) is 3. The molecule has 0 aliphatic heterocycles. The third kappa shape index (κ3) is 10.9. The van der Waals surface area contributed by atoms with Crippen LogP contribution in [0.1, 0.15) is 82.4 Å². The topological polar surface area (TPSA) is 129 Å². The van der Waals surface area contributed by atoms with Crippen LogP contribution in [0.3, 0.4) is 0 Å². The maximum Gasteiger partial charge on any atom is 0.426 e. The Morgan fingerprint density at radius 1 is 0.885 bits per heavy atom. The number of aliphatic hydroxyl groups is 1. The highest BCUT2D eigenvalue weighted by Gasteiger charge is 2.61. The van der Waals surface area contributed by atoms with Gasteiger partial charge in [-0.3, -0.25) is 5.32 Å². The van der Waals surface area contributed by atoms with E-state index in [9.17, 15) is 23.1 Å². The lowest BCUT2D eigenvalue weighted by atomic mass is 9.94. The first kappa shape index (κ1) is 40.1. The number of hydrogen-bond donors (Lipinski definition) is 2. The van der Waals surface area contributed by atoms with Gasteiger partial charge in [-0.05, 0) is 64.2 Å². The minimum Gasteiger partial charge on any atom is -0.472 e. The van der Waals surface area contributed by atoms with Crippen LogP contribution in [-0.2, 0) is 34.5 Å². The number of aromatic nitrogens is 3. The Balaban J connectivity index is 1.83. The molecule has 0 radical (unpaired) electrons. The van der Waals surface area contributed by atoms with Crippen LogP contribution in [-0.4, -0.2) is 44.3 Å². The summed E-state index contributed by atoms with van der Waals surface area (Å²) < 4.78 is 111. The molecule has 4 aromatic rings. The lowest BCUT2D eigenvalue weighted by Crippen LogP contribution is -2.45. The van der Waals surface area contributed by atoms with E-state index in [-0.39, 0.29) is 13.0 Å². The van der Waals surface area contributed by atoms with Gasteiger partial charge in [0, 0.05) is 0 Å². The van der Waals surface area contributed by atoms with Gasteiger partial charge in [0.1, 0.15) is 17.8 Å². The van der Waals surface area contributed by atoms with Gasteiger partial charge in [-0.15, -0.1) is 10.2 Å². The van der Waals surface area contributed by atoms with Crippen molar-refractivity contribution in [1.82, 2.24) is 15.2 Å². The third-order valence-electron chi connectivity index (χ3n) is 7.56. The molecule has 16 heteroatoms. The number of carbonyl (C=O) groups is 1. The summed E-state index contributed by atoms with van der Waals surface area (Å²) in [6.45, 7) is 5.27. The van der Waals surface area contributed by atoms with E-state index >= 15 is 13.2 Å². The molecule has 2 aromatic carbocycles. The molecule has 52 heavy (non-hydrogen) atoms. The minimum absolute atomic E-state index is 0.0276. The molecule has 1 unspecified atom stereocenters. The Morgan fingerprint density at radius 2 is 1.50 bits per heavy atom. The van der Waals surface area contributed by atoms with E-state index < -0.39 is 83.4 Å². The molecule has 1 amide bonds. The van der Waals surface area contributed by atoms with E-state index in [1.165, 1.54) is 20.8 Å². The number of amides is 1. The van der Waals surface area contributed by atoms with Crippen LogP contribution in [0, 0.1) is 0 Å². The lowest BCUT2D eigenvalue weighted by Gasteiger charge is -2.32. The van der Waals surface area contributed by atoms with E-state index in [4.69, 9.17) is 18.6 Å². The number of halogens is 6. The zero-order valence-corrected chi connectivity index (χ0v) is 29.0. The zero-order chi connectivity index (χ0) is 38.2. The Bertz CT molecular complexity index is 1740. The molecule has 2 N–H and O–H groups in total. The largest absolute Gasteiger partial charge is 0.472 e. The van der Waals surface area contributed by atoms with Gasteiger partial charge in [0.25, 0.3) is 11.8 Å². The number of hydrogen-bond acceptors (Lipinski definition) is 9. The summed E-state index contributed by atoms with van der Waals surface area (Å²) in [4.78, 5) is 16.7. The van der Waals surface area contributed by atoms with Gasteiger partial charge in [-0.1, -0.05) is 73.5 Å². The highest BCUT2D eigenvalue weighted by atomic mass is 19.4. The fraction of sp³-hybridized carbons (Fsp3) is 0.444. The first-order chi connectivity index (χ1) is 24.4. The summed E-state index contributed by atoms with van der Waals surface area (Å²) >= 11 is 0. The Morgan fingerprint density at radius 3 is 2.06 bits per heavy atom. The van der Waals surface area contributed by atoms with Crippen LogP contribution in [0.15, 0.2) is 71.1 Å². The van der Waals surface area contributed by atoms with Crippen LogP contribution in [0.5, 0.6) is 5.88 Å². The van der Waals surface area contributed by atoms with Gasteiger partial charge in [-0.25, -0.2) is 9.78 Å². The highest BCUT2D eigenvalue weighted by molar-refractivity contribution is 5.89. The van der Waals surface area contributed by atoms with Crippen molar-refractivity contribution in [2.75, 3.05) is 5.32 Å². The standard InChI is InChI=1S/C36H40F6N4O6/c1-23(47)14-8-7-13-19-34(36(40,41)42,50-22-25-17-11-6-12-18-25)31-46-45-30(51-31)28-27(43-32(48)52-33(2,3)4)20-26(35(37,38)39)29(44-28)49-21-24-15-9-5-10-16-24/h5-6,9-12,15-18,20,23,47H,7-8,13-14,19,21-22H2,1-4H3,(H,43,48)/t23-,34?/m0/s1. The number of pyridine rings is 1. The summed E-state index contributed by atoms with van der Waals surface area (Å²) in [5.41, 5.74) is -5.98. The van der Waals surface area contributed by atoms with Gasteiger partial charge in [0.2, 0.25) is 11.5 Å². The predicted octanol–water partition coefficient (Wildman–Crippen LogP) is 9.38. The molecule has 0 spiro atoms. The molecule has 2 aromatic heterocycles. The van der Waals surface area contributed by atoms with Crippen LogP contribution in [0.25, 0.3) is 11.6 Å². The second-order valence-corrected chi connectivity index (χ2v) is 13.1. The van der Waals surface area contributed by atoms with Crippen LogP contribution < -0.4 is 10.1 Å². The van der Waals surface area contributed by atoms with Crippen molar-refractivity contribution >= 4 is 11.8 Å². The number of anilines is 1. The quantitative estimate of drug-likeness (QED) is 0.0906. The SMILES string of the molecule is C[C@H](O)CCCCCC(OCc1ccccc1)(c1nnc(-c2nc(OCc3ccccc3)c(C(F)(F)F)cc2NC(=O)OC(C)(C)C)o1)C(F)(F)F. The molecule has 2 atom stereocenters. The first-order valence-electron chi connectivity index (χ1n) is 16.4. The van der Waals surface area contributed by atoms with Gasteiger partial charge >= 0.3 is 18.4 Å². The lowest BCUT2D eigenvalue weighted by molar-refractivity contribution is -0.300. The van der Waals surface area contributed by atoms with Crippen molar-refractivity contribution in [3.63, 3.8) is 0 Å². The van der Waals surface area contributed by atoms with E-state index in [0.29, 0.717) is 36.5 Å². The molecule has 0 aliphatic rings. The minimum atomic E-state index is -5.12. The number of rotatable bonds is 15. The summed E-state index contributed by atoms with van der Waals surface area (Å²) in [6, 6.07) is 16.8. The number of benzene rings is 2. The van der Waals surface area contributed by atoms with E-state index in [1.54, 1.807) is 67.6 Å². The van der Waals surface area contributed by atoms with Crippen molar-refractivity contribution < 1.29 is 54.9 Å². The predicted molar refractivity (Wildman–Crippen MR) is 177 cm³/mol. The number of nitrogens with zero attached hydrogens (tertiary/aromatic N) is 3. The first-order valence-corrected chi connectivity index (χ1v) is 16.4. The highest BCUT2D eigenvalue weighted by Crippen LogP contribution is 2.47. The molecule has 0 bridgehead atoms. The van der Waals surface area contributed by atoms with Crippen LogP contribution in [0.2, 0.25) is 0 Å². The molecular formula is C36H40F6N4O6. The van der Waals surface area contributed by atoms with E-state index in [2.05, 4.69) is 20.5 Å². The number of alkyl halides is 6. The maximum absolute atomic E-state index is 15.2. The second kappa shape index (κ2) is 16.8. The summed E-state index contributed by atoms with van der Waals surface area (Å²) in [5, 5.41) is 19.2. The Hall–Kier alpha value is -4.70. The number of unbranched alkanes of at least 4 members (excludes halogenated alkanes) is 2. The second-order valence-electron chi connectivity index (χ2n) is 13.1. The molecule has 0 aliphatic carbocycles. The van der Waals surface area contributed by atoms with E-state index in [0.717, 1.165) is 0 Å². The average molecular weight is 739 g/mol. The number of carbonyl (C=O) groups excluding carboxylic acids is 1. The molecule has 282 valence electrons. The molecule has 2 heterocycles. The van der Waals surface area contributed by atoms with Gasteiger partial charge in [0.05, 0.1) is 18.4 Å². The van der Waals surface area contributed by atoms with Gasteiger partial charge in [0.15, 0.2) is 5.69 Å². The van der Waals surface area contributed by atoms with Gasteiger partial charge in [-0.2, -0.15) is 26.3 Å². The van der Waals surface area contributed by atoms with Crippen molar-refractivity contribution in [1.29, 1.82) is 0 Å². The van der Waals surface area contributed by atoms with E-state index in [1.807, 2.05) is 0 Å². The van der Waals surface area contributed by atoms with Crippen molar-refractivity contribution in [3.05, 3.63) is 89.3 Å². The van der Waals surface area contributed by atoms with Crippen LogP contribution in [0.4, 0.5) is 36.8 Å². The number of aliphatic hydroxyl groups excluding tert-OH is 1. The van der Waals surface area contributed by atoms with Gasteiger partial charge < -0.3 is 23.7 Å². The monoisotopic (exact) mass is 738 g/mol. The fourth-order valence-electron chi connectivity index (χ4n) is 5.05. The summed E-state index contributed by atoms with van der Waals surface area (Å²) in [7, 11) is 0.